The molecule has 0 spiro atoms. The number of esters is 1. The van der Waals surface area contributed by atoms with E-state index < -0.39 is 34.0 Å². The molecule has 0 bridgehead atoms. The highest BCUT2D eigenvalue weighted by molar-refractivity contribution is 7.99. The summed E-state index contributed by atoms with van der Waals surface area (Å²) in [5, 5.41) is 2.75. The van der Waals surface area contributed by atoms with E-state index in [9.17, 15) is 18.0 Å². The van der Waals surface area contributed by atoms with Crippen molar-refractivity contribution in [1.29, 1.82) is 0 Å². The molecule has 0 aliphatic carbocycles. The zero-order valence-corrected chi connectivity index (χ0v) is 19.8. The van der Waals surface area contributed by atoms with Crippen molar-refractivity contribution < 1.29 is 22.7 Å². The molecule has 172 valence electrons. The van der Waals surface area contributed by atoms with E-state index in [2.05, 4.69) is 5.32 Å². The fourth-order valence-corrected chi connectivity index (χ4v) is 6.33. The average Bonchev–Trinajstić information content (AvgIpc) is 2.79. The van der Waals surface area contributed by atoms with Crippen LogP contribution < -0.4 is 5.32 Å². The molecule has 2 aromatic carbocycles. The number of hydrogen-bond donors (Lipinski definition) is 1. The van der Waals surface area contributed by atoms with Gasteiger partial charge in [0.2, 0.25) is 15.9 Å². The Bertz CT molecular complexity index is 1030. The van der Waals surface area contributed by atoms with Gasteiger partial charge in [0.1, 0.15) is 12.1 Å². The van der Waals surface area contributed by atoms with Gasteiger partial charge >= 0.3 is 5.97 Å². The van der Waals surface area contributed by atoms with E-state index in [-0.39, 0.29) is 24.5 Å². The van der Waals surface area contributed by atoms with Crippen LogP contribution in [-0.2, 0) is 30.8 Å². The Kier molecular flexibility index (Phi) is 8.33. The van der Waals surface area contributed by atoms with Crippen LogP contribution >= 0.6 is 11.8 Å². The number of amides is 1. The van der Waals surface area contributed by atoms with Crippen molar-refractivity contribution in [2.24, 2.45) is 0 Å². The fourth-order valence-electron chi connectivity index (χ4n) is 3.48. The molecule has 2 aromatic rings. The first kappa shape index (κ1) is 24.3. The van der Waals surface area contributed by atoms with Crippen LogP contribution in [0.5, 0.6) is 0 Å². The highest BCUT2D eigenvalue weighted by atomic mass is 32.2. The first-order chi connectivity index (χ1) is 15.3. The van der Waals surface area contributed by atoms with Gasteiger partial charge in [-0.25, -0.2) is 13.2 Å². The monoisotopic (exact) mass is 476 g/mol. The number of aryl methyl sites for hydroxylation is 1. The van der Waals surface area contributed by atoms with Gasteiger partial charge in [-0.3, -0.25) is 4.79 Å². The molecule has 32 heavy (non-hydrogen) atoms. The summed E-state index contributed by atoms with van der Waals surface area (Å²) >= 11 is 1.52. The van der Waals surface area contributed by atoms with E-state index in [1.807, 2.05) is 37.3 Å². The number of carbonyl (C=O) groups excluding carboxylic acids is 2. The van der Waals surface area contributed by atoms with Gasteiger partial charge in [0.15, 0.2) is 0 Å². The third-order valence-corrected chi connectivity index (χ3v) is 8.12. The maximum atomic E-state index is 13.3. The second-order valence-corrected chi connectivity index (χ2v) is 10.6. The number of thioether (sulfide) groups is 1. The van der Waals surface area contributed by atoms with Crippen molar-refractivity contribution >= 4 is 33.7 Å². The van der Waals surface area contributed by atoms with Gasteiger partial charge < -0.3 is 10.1 Å². The summed E-state index contributed by atoms with van der Waals surface area (Å²) in [4.78, 5) is 25.9. The molecule has 0 saturated carbocycles. The summed E-state index contributed by atoms with van der Waals surface area (Å²) in [6, 6.07) is 14.1. The van der Waals surface area contributed by atoms with Crippen molar-refractivity contribution in [2.45, 2.75) is 37.2 Å². The predicted octanol–water partition coefficient (Wildman–Crippen LogP) is 2.39. The van der Waals surface area contributed by atoms with Gasteiger partial charge in [-0.05, 0) is 31.5 Å². The van der Waals surface area contributed by atoms with Gasteiger partial charge in [0, 0.05) is 24.5 Å². The maximum absolute atomic E-state index is 13.3. The second kappa shape index (κ2) is 11.0. The number of carbonyl (C=O) groups is 2. The molecular weight excluding hydrogens is 448 g/mol. The largest absolute Gasteiger partial charge is 0.464 e. The minimum absolute atomic E-state index is 0.152. The van der Waals surface area contributed by atoms with Crippen LogP contribution in [0.25, 0.3) is 0 Å². The molecule has 1 amide bonds. The van der Waals surface area contributed by atoms with E-state index in [0.717, 1.165) is 11.1 Å². The minimum Gasteiger partial charge on any atom is -0.464 e. The SMILES string of the molecule is CCOC(=O)[C@H](Cc1ccccc1)NC(=O)[C@@H]1CSCCN1S(=O)(=O)c1ccc(C)cc1. The van der Waals surface area contributed by atoms with Crippen LogP contribution in [0.15, 0.2) is 59.5 Å². The fraction of sp³-hybridized carbons (Fsp3) is 0.391. The Morgan fingerprint density at radius 1 is 1.16 bits per heavy atom. The van der Waals surface area contributed by atoms with E-state index in [1.165, 1.54) is 16.1 Å². The molecule has 0 aromatic heterocycles. The smallest absolute Gasteiger partial charge is 0.328 e. The quantitative estimate of drug-likeness (QED) is 0.588. The van der Waals surface area contributed by atoms with Crippen molar-refractivity contribution in [2.75, 3.05) is 24.7 Å². The molecule has 1 fully saturated rings. The highest BCUT2D eigenvalue weighted by Crippen LogP contribution is 2.25. The number of rotatable bonds is 8. The Balaban J connectivity index is 1.81. The van der Waals surface area contributed by atoms with Crippen LogP contribution in [-0.4, -0.2) is 61.3 Å². The number of nitrogens with one attached hydrogen (secondary N) is 1. The molecule has 3 rings (SSSR count). The molecular formula is C23H28N2O5S2. The van der Waals surface area contributed by atoms with Gasteiger partial charge in [-0.1, -0.05) is 48.0 Å². The topological polar surface area (TPSA) is 92.8 Å². The third kappa shape index (κ3) is 5.90. The molecule has 1 N–H and O–H groups in total. The number of hydrogen-bond acceptors (Lipinski definition) is 6. The minimum atomic E-state index is -3.86. The molecule has 1 heterocycles. The van der Waals surface area contributed by atoms with Gasteiger partial charge in [0.05, 0.1) is 11.5 Å². The summed E-state index contributed by atoms with van der Waals surface area (Å²) in [5.74, 6) is -0.124. The average molecular weight is 477 g/mol. The Morgan fingerprint density at radius 3 is 2.50 bits per heavy atom. The first-order valence-electron chi connectivity index (χ1n) is 10.5. The zero-order valence-electron chi connectivity index (χ0n) is 18.2. The summed E-state index contributed by atoms with van der Waals surface area (Å²) < 4.78 is 32.9. The molecule has 7 nitrogen and oxygen atoms in total. The molecule has 1 aliphatic heterocycles. The molecule has 1 saturated heterocycles. The number of benzene rings is 2. The Hall–Kier alpha value is -2.36. The van der Waals surface area contributed by atoms with Crippen molar-refractivity contribution in [1.82, 2.24) is 9.62 Å². The van der Waals surface area contributed by atoms with E-state index in [0.29, 0.717) is 11.5 Å². The summed E-state index contributed by atoms with van der Waals surface area (Å²) in [6.45, 7) is 3.99. The van der Waals surface area contributed by atoms with Crippen molar-refractivity contribution in [3.8, 4) is 0 Å². The lowest BCUT2D eigenvalue weighted by atomic mass is 10.1. The lowest BCUT2D eigenvalue weighted by Crippen LogP contribution is -2.57. The normalized spacial score (nSPS) is 18.0. The van der Waals surface area contributed by atoms with E-state index >= 15 is 0 Å². The number of nitrogens with zero attached hydrogens (tertiary/aromatic N) is 1. The summed E-state index contributed by atoms with van der Waals surface area (Å²) in [6.07, 6.45) is 0.260. The molecule has 0 unspecified atom stereocenters. The van der Waals surface area contributed by atoms with Gasteiger partial charge in [-0.2, -0.15) is 16.1 Å². The standard InChI is InChI=1S/C23H28N2O5S2/c1-3-30-23(27)20(15-18-7-5-4-6-8-18)24-22(26)21-16-31-14-13-25(21)32(28,29)19-11-9-17(2)10-12-19/h4-12,20-21H,3,13-16H2,1-2H3,(H,24,26)/t20-,21-/m0/s1. The maximum Gasteiger partial charge on any atom is 0.328 e. The number of sulfonamides is 1. The van der Waals surface area contributed by atoms with Gasteiger partial charge in [0.25, 0.3) is 0 Å². The first-order valence-corrected chi connectivity index (χ1v) is 13.1. The highest BCUT2D eigenvalue weighted by Gasteiger charge is 2.39. The molecule has 9 heteroatoms. The second-order valence-electron chi connectivity index (χ2n) is 7.52. The van der Waals surface area contributed by atoms with Crippen LogP contribution in [0.3, 0.4) is 0 Å². The predicted molar refractivity (Wildman–Crippen MR) is 125 cm³/mol. The molecule has 1 aliphatic rings. The zero-order chi connectivity index (χ0) is 23.1. The molecule has 2 atom stereocenters. The van der Waals surface area contributed by atoms with Crippen LogP contribution in [0, 0.1) is 6.92 Å². The third-order valence-electron chi connectivity index (χ3n) is 5.18. The summed E-state index contributed by atoms with van der Waals surface area (Å²) in [7, 11) is -3.86. The lowest BCUT2D eigenvalue weighted by Gasteiger charge is -2.34. The van der Waals surface area contributed by atoms with E-state index in [1.54, 1.807) is 31.2 Å². The lowest BCUT2D eigenvalue weighted by molar-refractivity contribution is -0.147. The van der Waals surface area contributed by atoms with E-state index in [4.69, 9.17) is 4.74 Å². The van der Waals surface area contributed by atoms with Gasteiger partial charge in [-0.15, -0.1) is 0 Å². The number of ether oxygens (including phenoxy) is 1. The molecule has 0 radical (unpaired) electrons. The summed E-state index contributed by atoms with van der Waals surface area (Å²) in [5.41, 5.74) is 1.82. The Morgan fingerprint density at radius 2 is 1.84 bits per heavy atom. The van der Waals surface area contributed by atoms with Crippen molar-refractivity contribution in [3.05, 3.63) is 65.7 Å². The van der Waals surface area contributed by atoms with Crippen LogP contribution in [0.2, 0.25) is 0 Å². The Labute approximate surface area is 193 Å². The van der Waals surface area contributed by atoms with Crippen LogP contribution in [0.1, 0.15) is 18.1 Å². The van der Waals surface area contributed by atoms with Crippen molar-refractivity contribution in [3.63, 3.8) is 0 Å². The van der Waals surface area contributed by atoms with Crippen LogP contribution in [0.4, 0.5) is 0 Å².